The maximum atomic E-state index is 13.7. The second-order valence-corrected chi connectivity index (χ2v) is 7.56. The lowest BCUT2D eigenvalue weighted by Crippen LogP contribution is -2.22. The fourth-order valence-corrected chi connectivity index (χ4v) is 3.65. The van der Waals surface area contributed by atoms with Gasteiger partial charge in [0, 0.05) is 41.3 Å². The van der Waals surface area contributed by atoms with Gasteiger partial charge in [0.15, 0.2) is 0 Å². The standard InChI is InChI=1S/C26H18FN3O3/c27-20-4-5-24-22(12-20)23(26(32)30-24)13-21-11-19(15-33-21)17-2-1-3-18(10-17)25(31)29-14-16-6-8-28-9-7-16/h1-13,15H,14H2,(H,29,31)(H,30,32). The first-order valence-electron chi connectivity index (χ1n) is 10.3. The van der Waals surface area contributed by atoms with Crippen LogP contribution in [0.2, 0.25) is 0 Å². The van der Waals surface area contributed by atoms with E-state index in [2.05, 4.69) is 15.6 Å². The van der Waals surface area contributed by atoms with Crippen molar-refractivity contribution in [3.05, 3.63) is 108 Å². The predicted octanol–water partition coefficient (Wildman–Crippen LogP) is 4.90. The Morgan fingerprint density at radius 2 is 1.91 bits per heavy atom. The van der Waals surface area contributed by atoms with Gasteiger partial charge in [0.25, 0.3) is 11.8 Å². The number of carbonyl (C=O) groups is 2. The van der Waals surface area contributed by atoms with E-state index >= 15 is 0 Å². The topological polar surface area (TPSA) is 84.2 Å². The number of nitrogens with one attached hydrogen (secondary N) is 2. The number of halogens is 1. The van der Waals surface area contributed by atoms with Crippen molar-refractivity contribution in [1.29, 1.82) is 0 Å². The SMILES string of the molecule is O=C1Nc2ccc(F)cc2C1=Cc1cc(-c2cccc(C(=O)NCc3ccncc3)c2)co1. The number of anilines is 1. The Hall–Kier alpha value is -4.52. The van der Waals surface area contributed by atoms with E-state index in [-0.39, 0.29) is 11.8 Å². The molecule has 5 rings (SSSR count). The van der Waals surface area contributed by atoms with Gasteiger partial charge in [0.2, 0.25) is 0 Å². The van der Waals surface area contributed by atoms with Crippen LogP contribution in [0, 0.1) is 5.82 Å². The van der Waals surface area contributed by atoms with E-state index in [4.69, 9.17) is 4.42 Å². The van der Waals surface area contributed by atoms with Crippen LogP contribution in [0.3, 0.4) is 0 Å². The first-order chi connectivity index (χ1) is 16.1. The summed E-state index contributed by atoms with van der Waals surface area (Å²) >= 11 is 0. The number of amides is 2. The summed E-state index contributed by atoms with van der Waals surface area (Å²) in [4.78, 5) is 28.9. The molecule has 0 aliphatic carbocycles. The van der Waals surface area contributed by atoms with Crippen LogP contribution in [0.5, 0.6) is 0 Å². The Morgan fingerprint density at radius 1 is 1.06 bits per heavy atom. The molecule has 0 unspecified atom stereocenters. The van der Waals surface area contributed by atoms with Crippen molar-refractivity contribution in [2.45, 2.75) is 6.54 Å². The molecule has 4 aromatic rings. The number of rotatable bonds is 5. The average molecular weight is 439 g/mol. The fraction of sp³-hybridized carbons (Fsp3) is 0.0385. The van der Waals surface area contributed by atoms with Gasteiger partial charge in [-0.25, -0.2) is 4.39 Å². The highest BCUT2D eigenvalue weighted by atomic mass is 19.1. The van der Waals surface area contributed by atoms with Gasteiger partial charge in [0.05, 0.1) is 11.8 Å². The minimum absolute atomic E-state index is 0.194. The van der Waals surface area contributed by atoms with Gasteiger partial charge in [-0.1, -0.05) is 12.1 Å². The van der Waals surface area contributed by atoms with E-state index in [9.17, 15) is 14.0 Å². The lowest BCUT2D eigenvalue weighted by atomic mass is 10.0. The highest BCUT2D eigenvalue weighted by Gasteiger charge is 2.25. The summed E-state index contributed by atoms with van der Waals surface area (Å²) in [5.41, 5.74) is 4.40. The van der Waals surface area contributed by atoms with Crippen LogP contribution >= 0.6 is 0 Å². The number of aromatic nitrogens is 1. The zero-order chi connectivity index (χ0) is 22.8. The second-order valence-electron chi connectivity index (χ2n) is 7.56. The van der Waals surface area contributed by atoms with Crippen molar-refractivity contribution in [3.8, 4) is 11.1 Å². The van der Waals surface area contributed by atoms with Crippen molar-refractivity contribution in [3.63, 3.8) is 0 Å². The van der Waals surface area contributed by atoms with Crippen molar-refractivity contribution in [1.82, 2.24) is 10.3 Å². The number of hydrogen-bond donors (Lipinski definition) is 2. The monoisotopic (exact) mass is 439 g/mol. The van der Waals surface area contributed by atoms with E-state index in [0.29, 0.717) is 34.7 Å². The van der Waals surface area contributed by atoms with Crippen LogP contribution < -0.4 is 10.6 Å². The molecule has 0 fully saturated rings. The summed E-state index contributed by atoms with van der Waals surface area (Å²) in [5.74, 6) is -0.489. The zero-order valence-corrected chi connectivity index (χ0v) is 17.3. The van der Waals surface area contributed by atoms with Crippen molar-refractivity contribution >= 4 is 29.2 Å². The van der Waals surface area contributed by atoms with Crippen LogP contribution in [-0.2, 0) is 11.3 Å². The Bertz CT molecular complexity index is 1390. The molecule has 3 heterocycles. The zero-order valence-electron chi connectivity index (χ0n) is 17.3. The Balaban J connectivity index is 1.35. The summed E-state index contributed by atoms with van der Waals surface area (Å²) in [6.45, 7) is 0.402. The molecular weight excluding hydrogens is 421 g/mol. The number of carbonyl (C=O) groups excluding carboxylic acids is 2. The predicted molar refractivity (Wildman–Crippen MR) is 122 cm³/mol. The number of nitrogens with zero attached hydrogens (tertiary/aromatic N) is 1. The molecule has 2 N–H and O–H groups in total. The Kier molecular flexibility index (Phi) is 5.28. The highest BCUT2D eigenvalue weighted by molar-refractivity contribution is 6.34. The highest BCUT2D eigenvalue weighted by Crippen LogP contribution is 2.34. The summed E-state index contributed by atoms with van der Waals surface area (Å²) < 4.78 is 19.3. The van der Waals surface area contributed by atoms with Gasteiger partial charge in [-0.3, -0.25) is 14.6 Å². The van der Waals surface area contributed by atoms with E-state index in [0.717, 1.165) is 16.7 Å². The Labute approximate surface area is 188 Å². The number of fused-ring (bicyclic) bond motifs is 1. The molecule has 162 valence electrons. The number of pyridine rings is 1. The molecule has 2 amide bonds. The van der Waals surface area contributed by atoms with Gasteiger partial charge in [0.1, 0.15) is 11.6 Å². The summed E-state index contributed by atoms with van der Waals surface area (Å²) in [6, 6.07) is 16.8. The molecule has 0 spiro atoms. The molecule has 0 saturated heterocycles. The lowest BCUT2D eigenvalue weighted by molar-refractivity contribution is -0.110. The van der Waals surface area contributed by atoms with Crippen LogP contribution in [0.25, 0.3) is 22.8 Å². The molecule has 0 saturated carbocycles. The molecule has 1 aliphatic rings. The van der Waals surface area contributed by atoms with E-state index in [1.54, 1.807) is 49.0 Å². The van der Waals surface area contributed by atoms with Crippen molar-refractivity contribution in [2.75, 3.05) is 5.32 Å². The molecule has 0 atom stereocenters. The fourth-order valence-electron chi connectivity index (χ4n) is 3.65. The van der Waals surface area contributed by atoms with E-state index in [1.807, 2.05) is 18.2 Å². The molecule has 2 aromatic carbocycles. The van der Waals surface area contributed by atoms with Crippen LogP contribution in [-0.4, -0.2) is 16.8 Å². The maximum absolute atomic E-state index is 13.7. The van der Waals surface area contributed by atoms with E-state index in [1.165, 1.54) is 18.2 Å². The van der Waals surface area contributed by atoms with Gasteiger partial charge in [-0.05, 0) is 65.7 Å². The molecule has 7 heteroatoms. The van der Waals surface area contributed by atoms with Crippen LogP contribution in [0.15, 0.2) is 83.7 Å². The molecule has 2 aromatic heterocycles. The largest absolute Gasteiger partial charge is 0.464 e. The molecule has 6 nitrogen and oxygen atoms in total. The van der Waals surface area contributed by atoms with Gasteiger partial charge < -0.3 is 15.1 Å². The average Bonchev–Trinajstić information content (AvgIpc) is 3.43. The first kappa shape index (κ1) is 20.4. The first-order valence-corrected chi connectivity index (χ1v) is 10.3. The molecular formula is C26H18FN3O3. The quantitative estimate of drug-likeness (QED) is 0.433. The lowest BCUT2D eigenvalue weighted by Gasteiger charge is -2.06. The van der Waals surface area contributed by atoms with Gasteiger partial charge >= 0.3 is 0 Å². The molecule has 0 bridgehead atoms. The van der Waals surface area contributed by atoms with Crippen molar-refractivity contribution < 1.29 is 18.4 Å². The normalized spacial score (nSPS) is 13.6. The third kappa shape index (κ3) is 4.29. The van der Waals surface area contributed by atoms with Crippen LogP contribution in [0.1, 0.15) is 27.2 Å². The third-order valence-corrected chi connectivity index (χ3v) is 5.33. The minimum atomic E-state index is -0.421. The molecule has 1 aliphatic heterocycles. The summed E-state index contributed by atoms with van der Waals surface area (Å²) in [6.07, 6.45) is 6.49. The number of furan rings is 1. The third-order valence-electron chi connectivity index (χ3n) is 5.33. The van der Waals surface area contributed by atoms with E-state index < -0.39 is 5.82 Å². The van der Waals surface area contributed by atoms with Crippen molar-refractivity contribution in [2.24, 2.45) is 0 Å². The molecule has 0 radical (unpaired) electrons. The summed E-state index contributed by atoms with van der Waals surface area (Å²) in [7, 11) is 0. The van der Waals surface area contributed by atoms with Crippen LogP contribution in [0.4, 0.5) is 10.1 Å². The second kappa shape index (κ2) is 8.55. The minimum Gasteiger partial charge on any atom is -0.464 e. The maximum Gasteiger partial charge on any atom is 0.256 e. The summed E-state index contributed by atoms with van der Waals surface area (Å²) in [5, 5.41) is 5.61. The Morgan fingerprint density at radius 3 is 2.76 bits per heavy atom. The van der Waals surface area contributed by atoms with Gasteiger partial charge in [-0.15, -0.1) is 0 Å². The smallest absolute Gasteiger partial charge is 0.256 e. The molecule has 33 heavy (non-hydrogen) atoms. The van der Waals surface area contributed by atoms with Gasteiger partial charge in [-0.2, -0.15) is 0 Å². The number of hydrogen-bond acceptors (Lipinski definition) is 4. The number of benzene rings is 2.